The van der Waals surface area contributed by atoms with Crippen LogP contribution in [0.2, 0.25) is 0 Å². The standard InChI is InChI=1S/C12H18O2/c1-4-10-12(14-10)5-7(1)9-3-2-8-6-11(9)13-8/h7-12H,1-6H2/t7?,8-,9?,10?,11?,12?/m1/s1. The third-order valence-corrected chi connectivity index (χ3v) is 4.81. The molecule has 14 heavy (non-hydrogen) atoms. The van der Waals surface area contributed by atoms with Crippen molar-refractivity contribution in [3.8, 4) is 0 Å². The Morgan fingerprint density at radius 3 is 2.36 bits per heavy atom. The van der Waals surface area contributed by atoms with Gasteiger partial charge in [0.1, 0.15) is 0 Å². The second kappa shape index (κ2) is 2.73. The topological polar surface area (TPSA) is 21.8 Å². The van der Waals surface area contributed by atoms with Crippen molar-refractivity contribution in [2.75, 3.05) is 0 Å². The molecule has 6 atom stereocenters. The molecule has 3 saturated heterocycles. The van der Waals surface area contributed by atoms with Crippen LogP contribution >= 0.6 is 0 Å². The molecule has 5 rings (SSSR count). The van der Waals surface area contributed by atoms with Crippen molar-refractivity contribution in [2.24, 2.45) is 11.8 Å². The summed E-state index contributed by atoms with van der Waals surface area (Å²) < 4.78 is 11.5. The fourth-order valence-corrected chi connectivity index (χ4v) is 3.88. The fraction of sp³-hybridized carbons (Fsp3) is 1.00. The van der Waals surface area contributed by atoms with Crippen molar-refractivity contribution >= 4 is 0 Å². The summed E-state index contributed by atoms with van der Waals surface area (Å²) in [4.78, 5) is 0. The van der Waals surface area contributed by atoms with Crippen LogP contribution in [0.4, 0.5) is 0 Å². The van der Waals surface area contributed by atoms with E-state index in [-0.39, 0.29) is 0 Å². The van der Waals surface area contributed by atoms with Crippen LogP contribution in [-0.2, 0) is 9.47 Å². The number of hydrogen-bond donors (Lipinski definition) is 0. The predicted molar refractivity (Wildman–Crippen MR) is 52.0 cm³/mol. The Labute approximate surface area is 85.0 Å². The van der Waals surface area contributed by atoms with Gasteiger partial charge in [-0.3, -0.25) is 0 Å². The molecule has 2 nitrogen and oxygen atoms in total. The first-order chi connectivity index (χ1) is 6.90. The average molecular weight is 194 g/mol. The second-order valence-electron chi connectivity index (χ2n) is 5.56. The van der Waals surface area contributed by atoms with Crippen molar-refractivity contribution in [1.29, 1.82) is 0 Å². The van der Waals surface area contributed by atoms with Gasteiger partial charge < -0.3 is 9.47 Å². The van der Waals surface area contributed by atoms with Gasteiger partial charge in [0, 0.05) is 6.42 Å². The smallest absolute Gasteiger partial charge is 0.0844 e. The minimum Gasteiger partial charge on any atom is -0.374 e. The van der Waals surface area contributed by atoms with Gasteiger partial charge in [0.25, 0.3) is 0 Å². The van der Waals surface area contributed by atoms with E-state index in [2.05, 4.69) is 0 Å². The number of fused-ring (bicyclic) bond motifs is 3. The Morgan fingerprint density at radius 1 is 0.714 bits per heavy atom. The molecule has 0 aromatic carbocycles. The van der Waals surface area contributed by atoms with Crippen LogP contribution in [0, 0.1) is 11.8 Å². The number of ether oxygens (including phenoxy) is 2. The van der Waals surface area contributed by atoms with Crippen molar-refractivity contribution in [1.82, 2.24) is 0 Å². The lowest BCUT2D eigenvalue weighted by Gasteiger charge is -2.49. The molecular formula is C12H18O2. The summed E-state index contributed by atoms with van der Waals surface area (Å²) in [5, 5.41) is 0. The molecule has 0 aromatic heterocycles. The Morgan fingerprint density at radius 2 is 1.64 bits per heavy atom. The van der Waals surface area contributed by atoms with Crippen molar-refractivity contribution in [2.45, 2.75) is 62.9 Å². The van der Waals surface area contributed by atoms with Crippen LogP contribution in [0.25, 0.3) is 0 Å². The van der Waals surface area contributed by atoms with Gasteiger partial charge in [0.05, 0.1) is 24.4 Å². The minimum atomic E-state index is 0.633. The molecule has 3 heterocycles. The molecule has 5 unspecified atom stereocenters. The Hall–Kier alpha value is -0.0800. The zero-order chi connectivity index (χ0) is 9.12. The predicted octanol–water partition coefficient (Wildman–Crippen LogP) is 2.12. The van der Waals surface area contributed by atoms with Gasteiger partial charge in [-0.25, -0.2) is 0 Å². The molecule has 78 valence electrons. The molecule has 5 aliphatic rings. The Balaban J connectivity index is 1.46. The van der Waals surface area contributed by atoms with Crippen LogP contribution in [0.3, 0.4) is 0 Å². The lowest BCUT2D eigenvalue weighted by Crippen LogP contribution is -2.50. The van der Waals surface area contributed by atoms with Crippen molar-refractivity contribution in [3.63, 3.8) is 0 Å². The number of hydrogen-bond acceptors (Lipinski definition) is 2. The van der Waals surface area contributed by atoms with Gasteiger partial charge in [-0.05, 0) is 43.9 Å². The molecule has 0 spiro atoms. The summed E-state index contributed by atoms with van der Waals surface area (Å²) >= 11 is 0. The molecule has 2 aliphatic carbocycles. The molecule has 0 amide bonds. The first-order valence-corrected chi connectivity index (χ1v) is 6.21. The first kappa shape index (κ1) is 8.12. The van der Waals surface area contributed by atoms with E-state index in [0.717, 1.165) is 11.8 Å². The molecular weight excluding hydrogens is 176 g/mol. The summed E-state index contributed by atoms with van der Waals surface area (Å²) in [6.07, 6.45) is 10.7. The number of epoxide rings is 1. The highest BCUT2D eigenvalue weighted by Gasteiger charge is 2.50. The van der Waals surface area contributed by atoms with Gasteiger partial charge in [-0.15, -0.1) is 0 Å². The van der Waals surface area contributed by atoms with E-state index >= 15 is 0 Å². The monoisotopic (exact) mass is 194 g/mol. The van der Waals surface area contributed by atoms with Crippen LogP contribution in [0.15, 0.2) is 0 Å². The summed E-state index contributed by atoms with van der Waals surface area (Å²) in [5.74, 6) is 1.80. The van der Waals surface area contributed by atoms with Crippen LogP contribution < -0.4 is 0 Å². The maximum absolute atomic E-state index is 5.85. The van der Waals surface area contributed by atoms with E-state index < -0.39 is 0 Å². The number of rotatable bonds is 1. The van der Waals surface area contributed by atoms with Gasteiger partial charge in [-0.1, -0.05) is 0 Å². The van der Waals surface area contributed by atoms with E-state index in [1.807, 2.05) is 0 Å². The van der Waals surface area contributed by atoms with Crippen molar-refractivity contribution in [3.05, 3.63) is 0 Å². The first-order valence-electron chi connectivity index (χ1n) is 6.21. The quantitative estimate of drug-likeness (QED) is 0.596. The molecule has 0 radical (unpaired) electrons. The minimum absolute atomic E-state index is 0.633. The molecule has 2 heteroatoms. The largest absolute Gasteiger partial charge is 0.374 e. The van der Waals surface area contributed by atoms with E-state index in [0.29, 0.717) is 24.4 Å². The fourth-order valence-electron chi connectivity index (χ4n) is 3.88. The highest BCUT2D eigenvalue weighted by Crippen LogP contribution is 2.49. The van der Waals surface area contributed by atoms with Crippen LogP contribution in [0.5, 0.6) is 0 Å². The van der Waals surface area contributed by atoms with Crippen LogP contribution in [0.1, 0.15) is 38.5 Å². The third-order valence-electron chi connectivity index (χ3n) is 4.81. The summed E-state index contributed by atoms with van der Waals surface area (Å²) in [6, 6.07) is 0. The molecule has 5 fully saturated rings. The maximum atomic E-state index is 5.85. The lowest BCUT2D eigenvalue weighted by molar-refractivity contribution is -0.197. The third kappa shape index (κ3) is 1.10. The lowest BCUT2D eigenvalue weighted by atomic mass is 9.69. The zero-order valence-electron chi connectivity index (χ0n) is 8.52. The summed E-state index contributed by atoms with van der Waals surface area (Å²) in [6.45, 7) is 0. The van der Waals surface area contributed by atoms with Gasteiger partial charge in [-0.2, -0.15) is 0 Å². The molecule has 3 aliphatic heterocycles. The van der Waals surface area contributed by atoms with E-state index in [4.69, 9.17) is 9.47 Å². The van der Waals surface area contributed by atoms with Gasteiger partial charge in [0.15, 0.2) is 0 Å². The zero-order valence-corrected chi connectivity index (χ0v) is 8.52. The highest BCUT2D eigenvalue weighted by atomic mass is 16.6. The highest BCUT2D eigenvalue weighted by molar-refractivity contribution is 4.99. The van der Waals surface area contributed by atoms with Crippen LogP contribution in [-0.4, -0.2) is 24.4 Å². The Kier molecular flexibility index (Phi) is 1.58. The van der Waals surface area contributed by atoms with Gasteiger partial charge in [0.2, 0.25) is 0 Å². The van der Waals surface area contributed by atoms with E-state index in [1.165, 1.54) is 38.5 Å². The molecule has 2 bridgehead atoms. The van der Waals surface area contributed by atoms with Gasteiger partial charge >= 0.3 is 0 Å². The second-order valence-corrected chi connectivity index (χ2v) is 5.56. The summed E-state index contributed by atoms with van der Waals surface area (Å²) in [7, 11) is 0. The average Bonchev–Trinajstić information content (AvgIpc) is 2.94. The van der Waals surface area contributed by atoms with Crippen molar-refractivity contribution < 1.29 is 9.47 Å². The van der Waals surface area contributed by atoms with E-state index in [9.17, 15) is 0 Å². The molecule has 0 N–H and O–H groups in total. The molecule has 2 saturated carbocycles. The maximum Gasteiger partial charge on any atom is 0.0844 e. The summed E-state index contributed by atoms with van der Waals surface area (Å²) in [5.41, 5.74) is 0. The molecule has 0 aromatic rings. The SMILES string of the molecule is C1CC2OC2CC1C1CC[C@@H]2CC1O2. The normalized spacial score (nSPS) is 60.0. The Bertz CT molecular complexity index is 244. The van der Waals surface area contributed by atoms with E-state index in [1.54, 1.807) is 0 Å².